The number of hydrogen-bond acceptors (Lipinski definition) is 1. The number of rotatable bonds is 2. The van der Waals surface area contributed by atoms with Gasteiger partial charge in [-0.2, -0.15) is 5.26 Å². The lowest BCUT2D eigenvalue weighted by molar-refractivity contribution is 1.48. The molecule has 0 atom stereocenters. The average molecular weight is 656 g/mol. The van der Waals surface area contributed by atoms with Crippen LogP contribution in [0.2, 0.25) is 0 Å². The molecule has 0 saturated heterocycles. The third-order valence-corrected chi connectivity index (χ3v) is 11.2. The first kappa shape index (κ1) is 28.8. The molecule has 0 aliphatic carbocycles. The van der Waals surface area contributed by atoms with E-state index in [1.54, 1.807) is 0 Å². The molecule has 0 aliphatic heterocycles. The van der Waals surface area contributed by atoms with Crippen molar-refractivity contribution in [2.45, 2.75) is 0 Å². The van der Waals surface area contributed by atoms with E-state index in [-0.39, 0.29) is 0 Å². The molecular formula is C51H29N. The fourth-order valence-electron chi connectivity index (χ4n) is 9.03. The van der Waals surface area contributed by atoms with Gasteiger partial charge in [0, 0.05) is 5.56 Å². The van der Waals surface area contributed by atoms with Gasteiger partial charge in [-0.3, -0.25) is 0 Å². The van der Waals surface area contributed by atoms with Gasteiger partial charge >= 0.3 is 0 Å². The quantitative estimate of drug-likeness (QED) is 0.170. The Morgan fingerprint density at radius 3 is 1.04 bits per heavy atom. The van der Waals surface area contributed by atoms with Gasteiger partial charge in [0.25, 0.3) is 0 Å². The van der Waals surface area contributed by atoms with E-state index in [2.05, 4.69) is 176 Å². The van der Waals surface area contributed by atoms with Gasteiger partial charge in [0.15, 0.2) is 0 Å². The van der Waals surface area contributed by atoms with Gasteiger partial charge in [-0.05, 0) is 127 Å². The minimum atomic E-state index is 0.667. The number of hydrogen-bond donors (Lipinski definition) is 0. The molecule has 0 unspecified atom stereocenters. The zero-order chi connectivity index (χ0) is 34.3. The third-order valence-electron chi connectivity index (χ3n) is 11.2. The molecule has 0 amide bonds. The van der Waals surface area contributed by atoms with Crippen LogP contribution in [-0.2, 0) is 0 Å². The Bertz CT molecular complexity index is 3360. The first-order valence-electron chi connectivity index (χ1n) is 17.8. The van der Waals surface area contributed by atoms with Crippen molar-refractivity contribution in [3.63, 3.8) is 0 Å². The van der Waals surface area contributed by atoms with Gasteiger partial charge in [-0.1, -0.05) is 152 Å². The van der Waals surface area contributed by atoms with Crippen molar-refractivity contribution in [1.82, 2.24) is 0 Å². The van der Waals surface area contributed by atoms with Crippen molar-refractivity contribution in [3.8, 4) is 28.3 Å². The lowest BCUT2D eigenvalue weighted by Crippen LogP contribution is -1.92. The van der Waals surface area contributed by atoms with Gasteiger partial charge in [0.2, 0.25) is 0 Å². The second-order valence-electron chi connectivity index (χ2n) is 13.8. The first-order valence-corrected chi connectivity index (χ1v) is 17.8. The Balaban J connectivity index is 1.26. The Morgan fingerprint density at radius 2 is 0.596 bits per heavy atom. The lowest BCUT2D eigenvalue weighted by atomic mass is 9.84. The molecule has 11 aromatic carbocycles. The van der Waals surface area contributed by atoms with Crippen LogP contribution in [0.4, 0.5) is 0 Å². The van der Waals surface area contributed by atoms with Crippen molar-refractivity contribution < 1.29 is 0 Å². The summed E-state index contributed by atoms with van der Waals surface area (Å²) >= 11 is 0. The minimum absolute atomic E-state index is 0.667. The predicted molar refractivity (Wildman–Crippen MR) is 222 cm³/mol. The molecule has 0 fully saturated rings. The summed E-state index contributed by atoms with van der Waals surface area (Å²) in [5.74, 6) is 0. The molecule has 1 heteroatoms. The third kappa shape index (κ3) is 3.98. The molecule has 0 N–H and O–H groups in total. The number of fused-ring (bicyclic) bond motifs is 16. The normalized spacial score (nSPS) is 11.8. The van der Waals surface area contributed by atoms with E-state index in [1.165, 1.54) is 80.8 Å². The molecule has 0 aromatic heterocycles. The van der Waals surface area contributed by atoms with Crippen LogP contribution in [-0.4, -0.2) is 0 Å². The smallest absolute Gasteiger partial charge is 0.0998 e. The Hall–Kier alpha value is -7.01. The van der Waals surface area contributed by atoms with Crippen LogP contribution >= 0.6 is 0 Å². The topological polar surface area (TPSA) is 23.8 Å². The summed E-state index contributed by atoms with van der Waals surface area (Å²) in [6.45, 7) is 0. The summed E-state index contributed by atoms with van der Waals surface area (Å²) in [6, 6.07) is 66.2. The highest BCUT2D eigenvalue weighted by Crippen LogP contribution is 2.46. The SMILES string of the molecule is N#Cc1ccc(-c2cc3c4ccccc4c4ccccc4c3c3ccccc23)cc1-c1cc2c3ccccc3c3ccccc3c2c2ccccc12. The molecule has 238 valence electrons. The zero-order valence-electron chi connectivity index (χ0n) is 28.2. The standard InChI is InChI=1S/C51H29N/c52-30-32-26-25-31(46-28-48-37-17-3-1-13-33(37)35-15-5-9-21-41(35)50(48)43-23-11-7-19-39(43)46)27-45(32)47-29-49-38-18-4-2-14-34(38)36-16-6-10-22-42(36)51(49)44-24-12-8-20-40(44)47/h1-29H. The van der Waals surface area contributed by atoms with Crippen molar-refractivity contribution in [3.05, 3.63) is 181 Å². The Morgan fingerprint density at radius 1 is 0.269 bits per heavy atom. The number of benzene rings is 11. The Kier molecular flexibility index (Phi) is 6.09. The fourth-order valence-corrected chi connectivity index (χ4v) is 9.03. The fraction of sp³-hybridized carbons (Fsp3) is 0. The summed E-state index contributed by atoms with van der Waals surface area (Å²) in [6.07, 6.45) is 0. The number of nitriles is 1. The first-order chi connectivity index (χ1) is 25.8. The van der Waals surface area contributed by atoms with Crippen molar-refractivity contribution >= 4 is 86.2 Å². The highest BCUT2D eigenvalue weighted by atomic mass is 14.3. The van der Waals surface area contributed by atoms with Gasteiger partial charge in [0.1, 0.15) is 0 Å². The van der Waals surface area contributed by atoms with Crippen LogP contribution in [0.1, 0.15) is 5.56 Å². The van der Waals surface area contributed by atoms with E-state index in [4.69, 9.17) is 0 Å². The maximum atomic E-state index is 10.6. The van der Waals surface area contributed by atoms with Crippen LogP contribution in [0.5, 0.6) is 0 Å². The summed E-state index contributed by atoms with van der Waals surface area (Å²) in [7, 11) is 0. The highest BCUT2D eigenvalue weighted by Gasteiger charge is 2.19. The van der Waals surface area contributed by atoms with Crippen LogP contribution in [0.15, 0.2) is 176 Å². The van der Waals surface area contributed by atoms with Crippen molar-refractivity contribution in [2.24, 2.45) is 0 Å². The number of nitrogens with zero attached hydrogens (tertiary/aromatic N) is 1. The zero-order valence-corrected chi connectivity index (χ0v) is 28.2. The molecule has 1 nitrogen and oxygen atoms in total. The van der Waals surface area contributed by atoms with E-state index in [1.807, 2.05) is 6.07 Å². The minimum Gasteiger partial charge on any atom is -0.192 e. The molecule has 0 bridgehead atoms. The molecule has 0 aliphatic rings. The highest BCUT2D eigenvalue weighted by molar-refractivity contribution is 6.34. The average Bonchev–Trinajstić information content (AvgIpc) is 3.22. The molecule has 52 heavy (non-hydrogen) atoms. The summed E-state index contributed by atoms with van der Waals surface area (Å²) in [5, 5.41) is 30.4. The van der Waals surface area contributed by atoms with Crippen LogP contribution in [0, 0.1) is 11.3 Å². The molecule has 11 rings (SSSR count). The van der Waals surface area contributed by atoms with Gasteiger partial charge in [-0.25, -0.2) is 0 Å². The van der Waals surface area contributed by atoms with E-state index in [9.17, 15) is 5.26 Å². The maximum absolute atomic E-state index is 10.6. The second kappa shape index (κ2) is 11.0. The van der Waals surface area contributed by atoms with Gasteiger partial charge in [0.05, 0.1) is 11.6 Å². The summed E-state index contributed by atoms with van der Waals surface area (Å²) in [5.41, 5.74) is 4.94. The summed E-state index contributed by atoms with van der Waals surface area (Å²) in [4.78, 5) is 0. The molecule has 11 aromatic rings. The predicted octanol–water partition coefficient (Wildman–Crippen LogP) is 14.1. The van der Waals surface area contributed by atoms with Crippen molar-refractivity contribution in [1.29, 1.82) is 5.26 Å². The van der Waals surface area contributed by atoms with E-state index < -0.39 is 0 Å². The van der Waals surface area contributed by atoms with E-state index >= 15 is 0 Å². The molecule has 0 heterocycles. The van der Waals surface area contributed by atoms with Crippen LogP contribution < -0.4 is 0 Å². The molecule has 0 radical (unpaired) electrons. The van der Waals surface area contributed by atoms with Crippen molar-refractivity contribution in [2.75, 3.05) is 0 Å². The maximum Gasteiger partial charge on any atom is 0.0998 e. The lowest BCUT2D eigenvalue weighted by Gasteiger charge is -2.18. The van der Waals surface area contributed by atoms with Gasteiger partial charge < -0.3 is 0 Å². The van der Waals surface area contributed by atoms with Gasteiger partial charge in [-0.15, -0.1) is 0 Å². The van der Waals surface area contributed by atoms with Crippen LogP contribution in [0.3, 0.4) is 0 Å². The molecular weight excluding hydrogens is 627 g/mol. The monoisotopic (exact) mass is 655 g/mol. The molecule has 0 spiro atoms. The Labute approximate surface area is 300 Å². The van der Waals surface area contributed by atoms with E-state index in [0.717, 1.165) is 27.6 Å². The second-order valence-corrected chi connectivity index (χ2v) is 13.8. The van der Waals surface area contributed by atoms with Crippen LogP contribution in [0.25, 0.3) is 108 Å². The largest absolute Gasteiger partial charge is 0.192 e. The summed E-state index contributed by atoms with van der Waals surface area (Å²) < 4.78 is 0. The molecule has 0 saturated carbocycles. The van der Waals surface area contributed by atoms with E-state index in [0.29, 0.717) is 5.56 Å².